The number of aliphatic hydroxyl groups is 1. The number of hydrogen-bond acceptors (Lipinski definition) is 4. The summed E-state index contributed by atoms with van der Waals surface area (Å²) in [6, 6.07) is 5.81. The number of benzene rings is 1. The van der Waals surface area contributed by atoms with Crippen LogP contribution < -0.4 is 10.1 Å². The third-order valence-electron chi connectivity index (χ3n) is 2.77. The molecule has 0 radical (unpaired) electrons. The lowest BCUT2D eigenvalue weighted by atomic mass is 10.1. The lowest BCUT2D eigenvalue weighted by Crippen LogP contribution is -2.21. The van der Waals surface area contributed by atoms with Gasteiger partial charge in [0.25, 0.3) is 0 Å². The first-order valence-corrected chi connectivity index (χ1v) is 6.70. The van der Waals surface area contributed by atoms with Gasteiger partial charge in [0.1, 0.15) is 5.75 Å². The summed E-state index contributed by atoms with van der Waals surface area (Å²) < 4.78 is 45.0. The molecule has 2 N–H and O–H groups in total. The third-order valence-corrected chi connectivity index (χ3v) is 2.77. The van der Waals surface area contributed by atoms with E-state index in [4.69, 9.17) is 9.84 Å². The molecule has 4 nitrogen and oxygen atoms in total. The van der Waals surface area contributed by atoms with E-state index >= 15 is 0 Å². The first kappa shape index (κ1) is 17.7. The van der Waals surface area contributed by atoms with Gasteiger partial charge in [-0.3, -0.25) is 0 Å². The van der Waals surface area contributed by atoms with Gasteiger partial charge in [-0.25, -0.2) is 0 Å². The van der Waals surface area contributed by atoms with Crippen molar-refractivity contribution in [2.45, 2.75) is 25.7 Å². The summed E-state index contributed by atoms with van der Waals surface area (Å²) in [6.07, 6.45) is -3.88. The van der Waals surface area contributed by atoms with Gasteiger partial charge in [-0.1, -0.05) is 12.1 Å². The molecule has 0 spiro atoms. The highest BCUT2D eigenvalue weighted by atomic mass is 19.4. The fourth-order valence-corrected chi connectivity index (χ4v) is 1.74. The van der Waals surface area contributed by atoms with Crippen LogP contribution >= 0.6 is 0 Å². The molecule has 0 bridgehead atoms. The van der Waals surface area contributed by atoms with Crippen molar-refractivity contribution in [2.24, 2.45) is 0 Å². The molecule has 1 atom stereocenters. The highest BCUT2D eigenvalue weighted by molar-refractivity contribution is 5.29. The van der Waals surface area contributed by atoms with Gasteiger partial charge in [0, 0.05) is 12.6 Å². The molecule has 1 aromatic rings. The minimum Gasteiger partial charge on any atom is -0.406 e. The van der Waals surface area contributed by atoms with Crippen LogP contribution in [0.3, 0.4) is 0 Å². The monoisotopic (exact) mass is 307 g/mol. The van der Waals surface area contributed by atoms with Crippen molar-refractivity contribution in [3.8, 4) is 5.75 Å². The highest BCUT2D eigenvalue weighted by Crippen LogP contribution is 2.24. The summed E-state index contributed by atoms with van der Waals surface area (Å²) in [6.45, 7) is 3.53. The van der Waals surface area contributed by atoms with E-state index in [-0.39, 0.29) is 18.4 Å². The Morgan fingerprint density at radius 1 is 1.19 bits per heavy atom. The van der Waals surface area contributed by atoms with Crippen molar-refractivity contribution in [3.05, 3.63) is 29.8 Å². The zero-order chi connectivity index (χ0) is 15.7. The molecule has 1 rings (SSSR count). The Labute approximate surface area is 121 Å². The molecule has 7 heteroatoms. The second-order valence-corrected chi connectivity index (χ2v) is 4.48. The van der Waals surface area contributed by atoms with Crippen molar-refractivity contribution in [1.29, 1.82) is 0 Å². The van der Waals surface area contributed by atoms with Gasteiger partial charge < -0.3 is 19.9 Å². The largest absolute Gasteiger partial charge is 0.573 e. The van der Waals surface area contributed by atoms with Crippen LogP contribution in [0.15, 0.2) is 24.3 Å². The molecule has 0 aliphatic heterocycles. The average molecular weight is 307 g/mol. The van der Waals surface area contributed by atoms with Crippen molar-refractivity contribution in [3.63, 3.8) is 0 Å². The quantitative estimate of drug-likeness (QED) is 0.689. The predicted molar refractivity (Wildman–Crippen MR) is 72.1 cm³/mol. The molecule has 0 saturated carbocycles. The second kappa shape index (κ2) is 8.86. The maximum absolute atomic E-state index is 12.0. The Kier molecular flexibility index (Phi) is 7.49. The van der Waals surface area contributed by atoms with Crippen LogP contribution in [0, 0.1) is 0 Å². The third kappa shape index (κ3) is 7.89. The van der Waals surface area contributed by atoms with E-state index < -0.39 is 6.36 Å². The lowest BCUT2D eigenvalue weighted by molar-refractivity contribution is -0.274. The Hall–Kier alpha value is -1.31. The maximum atomic E-state index is 12.0. The SMILES string of the molecule is CC(NCCCOCCO)c1ccc(OC(F)(F)F)cc1. The molecule has 1 unspecified atom stereocenters. The first-order chi connectivity index (χ1) is 9.92. The van der Waals surface area contributed by atoms with Gasteiger partial charge in [-0.05, 0) is 37.6 Å². The van der Waals surface area contributed by atoms with Gasteiger partial charge in [0.2, 0.25) is 0 Å². The molecule has 0 aliphatic rings. The number of alkyl halides is 3. The Morgan fingerprint density at radius 3 is 2.43 bits per heavy atom. The zero-order valence-corrected chi connectivity index (χ0v) is 11.8. The molecule has 0 saturated heterocycles. The Balaban J connectivity index is 2.32. The van der Waals surface area contributed by atoms with E-state index in [1.807, 2.05) is 6.92 Å². The van der Waals surface area contributed by atoms with Crippen LogP contribution in [-0.4, -0.2) is 37.8 Å². The van der Waals surface area contributed by atoms with Crippen molar-refractivity contribution >= 4 is 0 Å². The van der Waals surface area contributed by atoms with Crippen LogP contribution in [0.4, 0.5) is 13.2 Å². The minimum atomic E-state index is -4.67. The van der Waals surface area contributed by atoms with Gasteiger partial charge in [-0.2, -0.15) is 0 Å². The number of rotatable bonds is 9. The summed E-state index contributed by atoms with van der Waals surface area (Å²) in [5.74, 6) is -0.226. The van der Waals surface area contributed by atoms with E-state index in [2.05, 4.69) is 10.1 Å². The fraction of sp³-hybridized carbons (Fsp3) is 0.571. The molecule has 1 aromatic carbocycles. The van der Waals surface area contributed by atoms with Crippen LogP contribution in [0.2, 0.25) is 0 Å². The molecule has 0 aliphatic carbocycles. The van der Waals surface area contributed by atoms with E-state index in [0.29, 0.717) is 19.8 Å². The average Bonchev–Trinajstić information content (AvgIpc) is 2.41. The normalized spacial score (nSPS) is 13.2. The van der Waals surface area contributed by atoms with E-state index in [1.165, 1.54) is 12.1 Å². The summed E-state index contributed by atoms with van der Waals surface area (Å²) in [4.78, 5) is 0. The molecule has 0 aromatic heterocycles. The second-order valence-electron chi connectivity index (χ2n) is 4.48. The highest BCUT2D eigenvalue weighted by Gasteiger charge is 2.30. The molecule has 0 fully saturated rings. The molecule has 21 heavy (non-hydrogen) atoms. The number of nitrogens with one attached hydrogen (secondary N) is 1. The van der Waals surface area contributed by atoms with Crippen LogP contribution in [0.1, 0.15) is 24.9 Å². The van der Waals surface area contributed by atoms with Gasteiger partial charge in [0.05, 0.1) is 13.2 Å². The molecular formula is C14H20F3NO3. The number of hydrogen-bond donors (Lipinski definition) is 2. The number of aliphatic hydroxyl groups excluding tert-OH is 1. The standard InChI is InChI=1S/C14H20F3NO3/c1-11(18-7-2-9-20-10-8-19)12-3-5-13(6-4-12)21-14(15,16)17/h3-6,11,18-19H,2,7-10H2,1H3. The summed E-state index contributed by atoms with van der Waals surface area (Å²) in [5, 5.41) is 11.8. The molecule has 0 heterocycles. The Morgan fingerprint density at radius 2 is 1.86 bits per heavy atom. The predicted octanol–water partition coefficient (Wildman–Crippen LogP) is 2.63. The maximum Gasteiger partial charge on any atom is 0.573 e. The van der Waals surface area contributed by atoms with E-state index in [9.17, 15) is 13.2 Å². The summed E-state index contributed by atoms with van der Waals surface area (Å²) in [7, 11) is 0. The van der Waals surface area contributed by atoms with Crippen molar-refractivity contribution in [2.75, 3.05) is 26.4 Å². The summed E-state index contributed by atoms with van der Waals surface area (Å²) in [5.41, 5.74) is 0.876. The topological polar surface area (TPSA) is 50.7 Å². The first-order valence-electron chi connectivity index (χ1n) is 6.70. The van der Waals surface area contributed by atoms with Crippen LogP contribution in [-0.2, 0) is 4.74 Å². The van der Waals surface area contributed by atoms with Crippen LogP contribution in [0.5, 0.6) is 5.75 Å². The van der Waals surface area contributed by atoms with E-state index in [0.717, 1.165) is 12.0 Å². The van der Waals surface area contributed by atoms with E-state index in [1.54, 1.807) is 12.1 Å². The summed E-state index contributed by atoms with van der Waals surface area (Å²) >= 11 is 0. The van der Waals surface area contributed by atoms with Crippen molar-refractivity contribution in [1.82, 2.24) is 5.32 Å². The van der Waals surface area contributed by atoms with Crippen LogP contribution in [0.25, 0.3) is 0 Å². The Bertz CT molecular complexity index is 395. The minimum absolute atomic E-state index is 0.0101. The van der Waals surface area contributed by atoms with Gasteiger partial charge in [0.15, 0.2) is 0 Å². The fourth-order valence-electron chi connectivity index (χ4n) is 1.74. The van der Waals surface area contributed by atoms with Gasteiger partial charge in [-0.15, -0.1) is 13.2 Å². The lowest BCUT2D eigenvalue weighted by Gasteiger charge is -2.15. The molecule has 120 valence electrons. The molecule has 0 amide bonds. The number of halogens is 3. The zero-order valence-electron chi connectivity index (χ0n) is 11.8. The van der Waals surface area contributed by atoms with Crippen molar-refractivity contribution < 1.29 is 27.8 Å². The smallest absolute Gasteiger partial charge is 0.406 e. The van der Waals surface area contributed by atoms with Gasteiger partial charge >= 0.3 is 6.36 Å². The molecular weight excluding hydrogens is 287 g/mol. The number of ether oxygens (including phenoxy) is 2.